The predicted molar refractivity (Wildman–Crippen MR) is 101 cm³/mol. The molecule has 26 heavy (non-hydrogen) atoms. The van der Waals surface area contributed by atoms with E-state index in [4.69, 9.17) is 0 Å². The van der Waals surface area contributed by atoms with Gasteiger partial charge in [0.1, 0.15) is 0 Å². The van der Waals surface area contributed by atoms with Gasteiger partial charge in [-0.05, 0) is 62.7 Å². The van der Waals surface area contributed by atoms with Crippen LogP contribution in [0.4, 0.5) is 10.5 Å². The molecule has 2 saturated heterocycles. The molecule has 0 radical (unpaired) electrons. The molecule has 3 N–H and O–H groups in total. The molecular weight excluding hydrogens is 328 g/mol. The van der Waals surface area contributed by atoms with Crippen molar-refractivity contribution in [3.8, 4) is 0 Å². The third-order valence-electron chi connectivity index (χ3n) is 6.26. The highest BCUT2D eigenvalue weighted by Crippen LogP contribution is 2.58. The summed E-state index contributed by atoms with van der Waals surface area (Å²) in [5, 5.41) is 9.55. The first kappa shape index (κ1) is 17.3. The van der Waals surface area contributed by atoms with Crippen molar-refractivity contribution in [2.45, 2.75) is 38.1 Å². The van der Waals surface area contributed by atoms with Gasteiger partial charge in [0.25, 0.3) is 0 Å². The number of nitrogens with zero attached hydrogens (tertiary/aromatic N) is 1. The highest BCUT2D eigenvalue weighted by atomic mass is 16.2. The van der Waals surface area contributed by atoms with Gasteiger partial charge in [-0.15, -0.1) is 0 Å². The summed E-state index contributed by atoms with van der Waals surface area (Å²) in [5.74, 6) is 0.447. The molecule has 2 heterocycles. The summed E-state index contributed by atoms with van der Waals surface area (Å²) >= 11 is 0. The molecule has 1 atom stereocenters. The summed E-state index contributed by atoms with van der Waals surface area (Å²) in [6.45, 7) is 3.45. The van der Waals surface area contributed by atoms with E-state index in [1.54, 1.807) is 0 Å². The number of anilines is 1. The normalized spacial score (nSPS) is 24.9. The van der Waals surface area contributed by atoms with Crippen LogP contribution in [0.25, 0.3) is 0 Å². The third kappa shape index (κ3) is 3.70. The van der Waals surface area contributed by atoms with E-state index in [2.05, 4.69) is 16.0 Å². The lowest BCUT2D eigenvalue weighted by atomic mass is 9.91. The first-order valence-corrected chi connectivity index (χ1v) is 9.78. The molecule has 3 amide bonds. The Morgan fingerprint density at radius 3 is 2.46 bits per heavy atom. The van der Waals surface area contributed by atoms with Crippen LogP contribution in [0, 0.1) is 11.3 Å². The zero-order valence-corrected chi connectivity index (χ0v) is 15.2. The maximum atomic E-state index is 12.6. The van der Waals surface area contributed by atoms with Gasteiger partial charge in [-0.2, -0.15) is 0 Å². The van der Waals surface area contributed by atoms with Gasteiger partial charge in [-0.1, -0.05) is 18.2 Å². The van der Waals surface area contributed by atoms with Gasteiger partial charge in [-0.3, -0.25) is 4.79 Å². The lowest BCUT2D eigenvalue weighted by Gasteiger charge is -2.32. The predicted octanol–water partition coefficient (Wildman–Crippen LogP) is 2.19. The Kier molecular flexibility index (Phi) is 4.85. The summed E-state index contributed by atoms with van der Waals surface area (Å²) in [4.78, 5) is 26.8. The molecule has 1 aliphatic carbocycles. The molecule has 140 valence electrons. The molecule has 6 heteroatoms. The molecule has 1 unspecified atom stereocenters. The summed E-state index contributed by atoms with van der Waals surface area (Å²) in [6.07, 6.45) is 4.97. The van der Waals surface area contributed by atoms with Crippen molar-refractivity contribution in [2.24, 2.45) is 11.3 Å². The lowest BCUT2D eigenvalue weighted by Crippen LogP contribution is -2.48. The van der Waals surface area contributed by atoms with Crippen molar-refractivity contribution >= 4 is 17.6 Å². The maximum absolute atomic E-state index is 12.6. The Balaban J connectivity index is 1.21. The van der Waals surface area contributed by atoms with Crippen LogP contribution < -0.4 is 16.0 Å². The molecule has 1 saturated carbocycles. The molecule has 6 nitrogen and oxygen atoms in total. The minimum atomic E-state index is -0.0585. The molecule has 4 rings (SSSR count). The maximum Gasteiger partial charge on any atom is 0.321 e. The number of likely N-dealkylation sites (tertiary alicyclic amines) is 1. The third-order valence-corrected chi connectivity index (χ3v) is 6.26. The molecule has 3 fully saturated rings. The van der Waals surface area contributed by atoms with E-state index in [-0.39, 0.29) is 29.3 Å². The van der Waals surface area contributed by atoms with E-state index in [0.717, 1.165) is 50.9 Å². The van der Waals surface area contributed by atoms with Gasteiger partial charge in [0.2, 0.25) is 5.91 Å². The Hall–Kier alpha value is -2.08. The van der Waals surface area contributed by atoms with Crippen molar-refractivity contribution < 1.29 is 9.59 Å². The summed E-state index contributed by atoms with van der Waals surface area (Å²) in [6, 6.07) is 9.65. The molecule has 3 aliphatic rings. The number of rotatable bonds is 3. The van der Waals surface area contributed by atoms with E-state index < -0.39 is 0 Å². The number of hydrogen-bond acceptors (Lipinski definition) is 3. The second-order valence-corrected chi connectivity index (χ2v) is 7.94. The van der Waals surface area contributed by atoms with Gasteiger partial charge in [0.05, 0.1) is 0 Å². The van der Waals surface area contributed by atoms with Gasteiger partial charge in [0.15, 0.2) is 0 Å². The zero-order chi connectivity index (χ0) is 18.0. The lowest BCUT2D eigenvalue weighted by molar-refractivity contribution is -0.124. The molecule has 2 aliphatic heterocycles. The van der Waals surface area contributed by atoms with Crippen LogP contribution in [-0.4, -0.2) is 49.1 Å². The van der Waals surface area contributed by atoms with Crippen molar-refractivity contribution in [1.29, 1.82) is 0 Å². The van der Waals surface area contributed by atoms with Crippen LogP contribution >= 0.6 is 0 Å². The molecular formula is C20H28N4O2. The average Bonchev–Trinajstić information content (AvgIpc) is 3.36. The van der Waals surface area contributed by atoms with Crippen LogP contribution in [-0.2, 0) is 4.79 Å². The number of hydrogen-bond donors (Lipinski definition) is 3. The molecule has 1 spiro atoms. The Labute approximate surface area is 154 Å². The monoisotopic (exact) mass is 356 g/mol. The minimum Gasteiger partial charge on any atom is -0.353 e. The summed E-state index contributed by atoms with van der Waals surface area (Å²) in [7, 11) is 0. The number of benzene rings is 1. The Morgan fingerprint density at radius 1 is 1.08 bits per heavy atom. The van der Waals surface area contributed by atoms with E-state index >= 15 is 0 Å². The van der Waals surface area contributed by atoms with E-state index in [9.17, 15) is 9.59 Å². The molecule has 0 aromatic heterocycles. The fraction of sp³-hybridized carbons (Fsp3) is 0.600. The quantitative estimate of drug-likeness (QED) is 0.777. The summed E-state index contributed by atoms with van der Waals surface area (Å²) < 4.78 is 0. The topological polar surface area (TPSA) is 73.5 Å². The van der Waals surface area contributed by atoms with Crippen LogP contribution in [0.3, 0.4) is 0 Å². The number of piperidine rings is 2. The van der Waals surface area contributed by atoms with Gasteiger partial charge in [0, 0.05) is 30.7 Å². The van der Waals surface area contributed by atoms with Crippen LogP contribution in [0.1, 0.15) is 32.1 Å². The van der Waals surface area contributed by atoms with Crippen LogP contribution in [0.15, 0.2) is 30.3 Å². The van der Waals surface area contributed by atoms with Gasteiger partial charge < -0.3 is 20.9 Å². The number of carbonyl (C=O) groups is 2. The van der Waals surface area contributed by atoms with E-state index in [0.29, 0.717) is 13.1 Å². The van der Waals surface area contributed by atoms with Crippen molar-refractivity contribution in [3.05, 3.63) is 30.3 Å². The number of nitrogens with one attached hydrogen (secondary N) is 3. The van der Waals surface area contributed by atoms with Crippen molar-refractivity contribution in [1.82, 2.24) is 15.5 Å². The highest BCUT2D eigenvalue weighted by Gasteiger charge is 2.57. The first-order chi connectivity index (χ1) is 12.7. The zero-order valence-electron chi connectivity index (χ0n) is 15.2. The molecule has 0 bridgehead atoms. The Bertz CT molecular complexity index is 649. The van der Waals surface area contributed by atoms with Crippen LogP contribution in [0.5, 0.6) is 0 Å². The average molecular weight is 356 g/mol. The van der Waals surface area contributed by atoms with E-state index in [1.165, 1.54) is 0 Å². The smallest absolute Gasteiger partial charge is 0.321 e. The fourth-order valence-corrected chi connectivity index (χ4v) is 4.45. The molecule has 1 aromatic carbocycles. The Morgan fingerprint density at radius 2 is 1.77 bits per heavy atom. The first-order valence-electron chi connectivity index (χ1n) is 9.78. The highest BCUT2D eigenvalue weighted by molar-refractivity contribution is 5.89. The van der Waals surface area contributed by atoms with Crippen molar-refractivity contribution in [3.63, 3.8) is 0 Å². The summed E-state index contributed by atoms with van der Waals surface area (Å²) in [5.41, 5.74) is 1.10. The SMILES string of the molecule is O=C(NC1CCN(C(=O)Nc2ccccc2)CC1)C1CC12CCNCC2. The largest absolute Gasteiger partial charge is 0.353 e. The second-order valence-electron chi connectivity index (χ2n) is 7.94. The number of carbonyl (C=O) groups excluding carboxylic acids is 2. The minimum absolute atomic E-state index is 0.0585. The molecule has 1 aromatic rings. The van der Waals surface area contributed by atoms with E-state index in [1.807, 2.05) is 35.2 Å². The van der Waals surface area contributed by atoms with Gasteiger partial charge in [-0.25, -0.2) is 4.79 Å². The van der Waals surface area contributed by atoms with Gasteiger partial charge >= 0.3 is 6.03 Å². The number of para-hydroxylation sites is 1. The fourth-order valence-electron chi connectivity index (χ4n) is 4.45. The van der Waals surface area contributed by atoms with Crippen molar-refractivity contribution in [2.75, 3.05) is 31.5 Å². The second kappa shape index (κ2) is 7.27. The van der Waals surface area contributed by atoms with Crippen LogP contribution in [0.2, 0.25) is 0 Å². The number of amides is 3. The standard InChI is InChI=1S/C20H28N4O2/c25-18(17-14-20(17)8-10-21-11-9-20)22-16-6-12-24(13-7-16)19(26)23-15-4-2-1-3-5-15/h1-5,16-17,21H,6-14H2,(H,22,25)(H,23,26). The number of urea groups is 1.